The number of hydrogen-bond donors (Lipinski definition) is 2. The van der Waals surface area contributed by atoms with Gasteiger partial charge in [-0.2, -0.15) is 0 Å². The highest BCUT2D eigenvalue weighted by Crippen LogP contribution is 2.44. The number of carbonyl (C=O) groups excluding carboxylic acids is 1. The lowest BCUT2D eigenvalue weighted by molar-refractivity contribution is 0.0919. The fraction of sp³-hybridized carbons (Fsp3) is 0.538. The van der Waals surface area contributed by atoms with Gasteiger partial charge in [-0.25, -0.2) is 4.98 Å². The Kier molecular flexibility index (Phi) is 2.50. The molecule has 17 heavy (non-hydrogen) atoms. The number of amides is 1. The SMILES string of the molecule is Nc1cccnc1C(=O)NC1CC2CCC1C2. The Morgan fingerprint density at radius 2 is 2.29 bits per heavy atom. The summed E-state index contributed by atoms with van der Waals surface area (Å²) < 4.78 is 0. The number of nitrogens with one attached hydrogen (secondary N) is 1. The van der Waals surface area contributed by atoms with Crippen LogP contribution in [0.15, 0.2) is 18.3 Å². The summed E-state index contributed by atoms with van der Waals surface area (Å²) in [7, 11) is 0. The van der Waals surface area contributed by atoms with Crippen LogP contribution in [-0.2, 0) is 0 Å². The van der Waals surface area contributed by atoms with E-state index < -0.39 is 0 Å². The van der Waals surface area contributed by atoms with Gasteiger partial charge in [0.15, 0.2) is 5.69 Å². The monoisotopic (exact) mass is 231 g/mol. The standard InChI is InChI=1S/C13H17N3O/c14-10-2-1-5-15-12(10)13(17)16-11-7-8-3-4-9(11)6-8/h1-2,5,8-9,11H,3-4,6-7,14H2,(H,16,17). The molecule has 2 fully saturated rings. The van der Waals surface area contributed by atoms with E-state index in [1.807, 2.05) is 0 Å². The Morgan fingerprint density at radius 1 is 1.41 bits per heavy atom. The van der Waals surface area contributed by atoms with E-state index in [0.717, 1.165) is 12.3 Å². The molecule has 90 valence electrons. The number of carbonyl (C=O) groups is 1. The molecule has 1 aromatic rings. The third kappa shape index (κ3) is 1.88. The Bertz CT molecular complexity index is 446. The minimum Gasteiger partial charge on any atom is -0.397 e. The Hall–Kier alpha value is -1.58. The molecular formula is C13H17N3O. The van der Waals surface area contributed by atoms with Crippen molar-refractivity contribution in [1.82, 2.24) is 10.3 Å². The van der Waals surface area contributed by atoms with Crippen molar-refractivity contribution in [3.8, 4) is 0 Å². The number of pyridine rings is 1. The second-order valence-corrected chi connectivity index (χ2v) is 5.20. The first-order valence-corrected chi connectivity index (χ1v) is 6.25. The number of nitrogens with two attached hydrogens (primary N) is 1. The number of fused-ring (bicyclic) bond motifs is 2. The van der Waals surface area contributed by atoms with Crippen LogP contribution in [0.5, 0.6) is 0 Å². The Morgan fingerprint density at radius 3 is 2.94 bits per heavy atom. The normalized spacial score (nSPS) is 30.5. The first-order valence-electron chi connectivity index (χ1n) is 6.25. The molecule has 4 nitrogen and oxygen atoms in total. The molecule has 2 saturated carbocycles. The second-order valence-electron chi connectivity index (χ2n) is 5.20. The van der Waals surface area contributed by atoms with Gasteiger partial charge in [0, 0.05) is 12.2 Å². The van der Waals surface area contributed by atoms with Crippen molar-refractivity contribution in [3.05, 3.63) is 24.0 Å². The minimum absolute atomic E-state index is 0.124. The number of rotatable bonds is 2. The molecule has 0 aliphatic heterocycles. The van der Waals surface area contributed by atoms with Gasteiger partial charge in [-0.3, -0.25) is 4.79 Å². The molecule has 1 aromatic heterocycles. The maximum atomic E-state index is 12.0. The number of anilines is 1. The van der Waals surface area contributed by atoms with E-state index in [9.17, 15) is 4.79 Å². The van der Waals surface area contributed by atoms with Crippen molar-refractivity contribution < 1.29 is 4.79 Å². The van der Waals surface area contributed by atoms with Crippen LogP contribution in [0.2, 0.25) is 0 Å². The molecule has 1 amide bonds. The first kappa shape index (κ1) is 10.6. The molecule has 0 spiro atoms. The average molecular weight is 231 g/mol. The highest BCUT2D eigenvalue weighted by molar-refractivity contribution is 5.97. The first-order chi connectivity index (χ1) is 8.24. The van der Waals surface area contributed by atoms with Crippen molar-refractivity contribution in [2.75, 3.05) is 5.73 Å². The molecule has 2 bridgehead atoms. The summed E-state index contributed by atoms with van der Waals surface area (Å²) in [5, 5.41) is 3.09. The van der Waals surface area contributed by atoms with Crippen molar-refractivity contribution in [2.24, 2.45) is 11.8 Å². The highest BCUT2D eigenvalue weighted by Gasteiger charge is 2.40. The smallest absolute Gasteiger partial charge is 0.272 e. The van der Waals surface area contributed by atoms with Crippen molar-refractivity contribution >= 4 is 11.6 Å². The molecule has 1 heterocycles. The largest absolute Gasteiger partial charge is 0.397 e. The zero-order valence-corrected chi connectivity index (χ0v) is 9.73. The summed E-state index contributed by atoms with van der Waals surface area (Å²) in [5.41, 5.74) is 6.56. The lowest BCUT2D eigenvalue weighted by atomic mass is 9.95. The van der Waals surface area contributed by atoms with E-state index >= 15 is 0 Å². The third-order valence-electron chi connectivity index (χ3n) is 4.11. The molecule has 3 rings (SSSR count). The lowest BCUT2D eigenvalue weighted by Crippen LogP contribution is -2.39. The summed E-state index contributed by atoms with van der Waals surface area (Å²) in [5.74, 6) is 1.38. The van der Waals surface area contributed by atoms with Crippen LogP contribution in [0.1, 0.15) is 36.2 Å². The number of nitrogen functional groups attached to an aromatic ring is 1. The topological polar surface area (TPSA) is 68.0 Å². The van der Waals surface area contributed by atoms with Gasteiger partial charge < -0.3 is 11.1 Å². The quantitative estimate of drug-likeness (QED) is 0.812. The zero-order valence-electron chi connectivity index (χ0n) is 9.73. The summed E-state index contributed by atoms with van der Waals surface area (Å²) in [4.78, 5) is 16.1. The van der Waals surface area contributed by atoms with E-state index in [0.29, 0.717) is 23.3 Å². The number of aromatic nitrogens is 1. The van der Waals surface area contributed by atoms with Gasteiger partial charge in [-0.15, -0.1) is 0 Å². The van der Waals surface area contributed by atoms with Crippen LogP contribution in [0.4, 0.5) is 5.69 Å². The van der Waals surface area contributed by atoms with Gasteiger partial charge in [0.25, 0.3) is 5.91 Å². The number of nitrogens with zero attached hydrogens (tertiary/aromatic N) is 1. The maximum absolute atomic E-state index is 12.0. The van der Waals surface area contributed by atoms with Crippen LogP contribution in [0, 0.1) is 11.8 Å². The third-order valence-corrected chi connectivity index (χ3v) is 4.11. The predicted octanol–water partition coefficient (Wildman–Crippen LogP) is 1.58. The van der Waals surface area contributed by atoms with E-state index in [1.165, 1.54) is 19.3 Å². The Balaban J connectivity index is 1.70. The molecular weight excluding hydrogens is 214 g/mol. The molecule has 2 aliphatic carbocycles. The maximum Gasteiger partial charge on any atom is 0.272 e. The van der Waals surface area contributed by atoms with E-state index in [1.54, 1.807) is 18.3 Å². The van der Waals surface area contributed by atoms with E-state index in [2.05, 4.69) is 10.3 Å². The van der Waals surface area contributed by atoms with Gasteiger partial charge in [-0.1, -0.05) is 6.42 Å². The minimum atomic E-state index is -0.124. The van der Waals surface area contributed by atoms with Gasteiger partial charge in [0.05, 0.1) is 5.69 Å². The Labute approximate surface area is 101 Å². The molecule has 3 atom stereocenters. The molecule has 3 N–H and O–H groups in total. The van der Waals surface area contributed by atoms with Gasteiger partial charge in [0.1, 0.15) is 0 Å². The molecule has 0 saturated heterocycles. The molecule has 0 radical (unpaired) electrons. The summed E-state index contributed by atoms with van der Waals surface area (Å²) in [6, 6.07) is 3.79. The fourth-order valence-corrected chi connectivity index (χ4v) is 3.27. The van der Waals surface area contributed by atoms with Crippen molar-refractivity contribution in [2.45, 2.75) is 31.7 Å². The van der Waals surface area contributed by atoms with Gasteiger partial charge in [-0.05, 0) is 43.2 Å². The zero-order chi connectivity index (χ0) is 11.8. The highest BCUT2D eigenvalue weighted by atomic mass is 16.2. The average Bonchev–Trinajstić information content (AvgIpc) is 2.91. The van der Waals surface area contributed by atoms with Crippen LogP contribution in [-0.4, -0.2) is 16.9 Å². The summed E-state index contributed by atoms with van der Waals surface area (Å²) in [6.07, 6.45) is 6.61. The van der Waals surface area contributed by atoms with Crippen LogP contribution < -0.4 is 11.1 Å². The van der Waals surface area contributed by atoms with Crippen LogP contribution in [0.25, 0.3) is 0 Å². The lowest BCUT2D eigenvalue weighted by Gasteiger charge is -2.22. The van der Waals surface area contributed by atoms with Gasteiger partial charge >= 0.3 is 0 Å². The summed E-state index contributed by atoms with van der Waals surface area (Å²) in [6.45, 7) is 0. The molecule has 4 heteroatoms. The number of hydrogen-bond acceptors (Lipinski definition) is 3. The molecule has 3 unspecified atom stereocenters. The molecule has 2 aliphatic rings. The van der Waals surface area contributed by atoms with Crippen LogP contribution >= 0.6 is 0 Å². The van der Waals surface area contributed by atoms with E-state index in [-0.39, 0.29) is 5.91 Å². The molecule has 0 aromatic carbocycles. The summed E-state index contributed by atoms with van der Waals surface area (Å²) >= 11 is 0. The van der Waals surface area contributed by atoms with Crippen LogP contribution in [0.3, 0.4) is 0 Å². The fourth-order valence-electron chi connectivity index (χ4n) is 3.27. The van der Waals surface area contributed by atoms with Gasteiger partial charge in [0.2, 0.25) is 0 Å². The van der Waals surface area contributed by atoms with Crippen molar-refractivity contribution in [1.29, 1.82) is 0 Å². The second kappa shape index (κ2) is 4.02. The van der Waals surface area contributed by atoms with E-state index in [4.69, 9.17) is 5.73 Å². The van der Waals surface area contributed by atoms with Crippen molar-refractivity contribution in [3.63, 3.8) is 0 Å². The predicted molar refractivity (Wildman–Crippen MR) is 65.4 cm³/mol.